The van der Waals surface area contributed by atoms with Crippen LogP contribution in [0.15, 0.2) is 30.6 Å². The average Bonchev–Trinajstić information content (AvgIpc) is 2.84. The molecule has 1 heterocycles. The quantitative estimate of drug-likeness (QED) is 0.852. The number of hydrogen-bond acceptors (Lipinski definition) is 4. The minimum absolute atomic E-state index is 0.138. The Morgan fingerprint density at radius 1 is 1.24 bits per heavy atom. The Bertz CT molecular complexity index is 554. The first-order chi connectivity index (χ1) is 10.0. The Morgan fingerprint density at radius 3 is 2.57 bits per heavy atom. The van der Waals surface area contributed by atoms with Gasteiger partial charge in [-0.2, -0.15) is 13.9 Å². The van der Waals surface area contributed by atoms with Crippen LogP contribution in [-0.2, 0) is 13.1 Å². The largest absolute Gasteiger partial charge is 0.435 e. The maximum absolute atomic E-state index is 12.0. The second kappa shape index (κ2) is 7.01. The lowest BCUT2D eigenvalue weighted by atomic mass is 10.2. The summed E-state index contributed by atoms with van der Waals surface area (Å²) in [5, 5.41) is 7.35. The Kier molecular flexibility index (Phi) is 5.08. The van der Waals surface area contributed by atoms with E-state index in [0.717, 1.165) is 18.1 Å². The summed E-state index contributed by atoms with van der Waals surface area (Å²) in [7, 11) is 0. The van der Waals surface area contributed by atoms with Crippen molar-refractivity contribution in [2.24, 2.45) is 5.92 Å². The average molecular weight is 296 g/mol. The highest BCUT2D eigenvalue weighted by molar-refractivity contribution is 5.46. The summed E-state index contributed by atoms with van der Waals surface area (Å²) in [5.41, 5.74) is 0.802. The second-order valence-corrected chi connectivity index (χ2v) is 5.01. The smallest absolute Gasteiger partial charge is 0.387 e. The van der Waals surface area contributed by atoms with Crippen molar-refractivity contribution in [2.75, 3.05) is 5.32 Å². The highest BCUT2D eigenvalue weighted by atomic mass is 19.3. The van der Waals surface area contributed by atoms with Gasteiger partial charge in [0.15, 0.2) is 0 Å². The number of nitrogens with one attached hydrogen (secondary N) is 1. The van der Waals surface area contributed by atoms with E-state index in [1.807, 2.05) is 4.68 Å². The number of halogens is 2. The van der Waals surface area contributed by atoms with Crippen molar-refractivity contribution in [2.45, 2.75) is 33.5 Å². The molecule has 0 bridgehead atoms. The first-order valence-electron chi connectivity index (χ1n) is 6.70. The summed E-state index contributed by atoms with van der Waals surface area (Å²) in [6.45, 7) is 2.74. The summed E-state index contributed by atoms with van der Waals surface area (Å²) in [5.74, 6) is 1.45. The van der Waals surface area contributed by atoms with Gasteiger partial charge in [-0.05, 0) is 30.2 Å². The molecule has 0 spiro atoms. The Morgan fingerprint density at radius 2 is 1.95 bits per heavy atom. The van der Waals surface area contributed by atoms with Gasteiger partial charge in [0.05, 0.1) is 6.54 Å². The van der Waals surface area contributed by atoms with E-state index in [1.165, 1.54) is 18.5 Å². The molecule has 2 aromatic rings. The van der Waals surface area contributed by atoms with E-state index in [4.69, 9.17) is 0 Å². The lowest BCUT2D eigenvalue weighted by molar-refractivity contribution is -0.0498. The molecule has 0 unspecified atom stereocenters. The monoisotopic (exact) mass is 296 g/mol. The topological polar surface area (TPSA) is 52.0 Å². The number of nitrogens with zero attached hydrogens (tertiary/aromatic N) is 3. The van der Waals surface area contributed by atoms with Gasteiger partial charge in [-0.15, -0.1) is 0 Å². The van der Waals surface area contributed by atoms with E-state index in [1.54, 1.807) is 12.1 Å². The SMILES string of the molecule is CC(C)Cn1ncnc1CNc1ccc(OC(F)F)cc1. The lowest BCUT2D eigenvalue weighted by Gasteiger charge is -2.10. The summed E-state index contributed by atoms with van der Waals surface area (Å²) < 4.78 is 30.2. The van der Waals surface area contributed by atoms with Crippen molar-refractivity contribution in [1.82, 2.24) is 14.8 Å². The lowest BCUT2D eigenvalue weighted by Crippen LogP contribution is -2.13. The van der Waals surface area contributed by atoms with Gasteiger partial charge >= 0.3 is 6.61 Å². The fourth-order valence-electron chi connectivity index (χ4n) is 1.86. The predicted octanol–water partition coefficient (Wildman–Crippen LogP) is 3.15. The molecule has 21 heavy (non-hydrogen) atoms. The Labute approximate surface area is 121 Å². The molecule has 0 amide bonds. The third-order valence-electron chi connectivity index (χ3n) is 2.76. The normalized spacial score (nSPS) is 11.1. The van der Waals surface area contributed by atoms with Gasteiger partial charge in [0.25, 0.3) is 0 Å². The van der Waals surface area contributed by atoms with Crippen LogP contribution in [0.1, 0.15) is 19.7 Å². The number of ether oxygens (including phenoxy) is 1. The minimum Gasteiger partial charge on any atom is -0.435 e. The molecule has 0 saturated heterocycles. The number of benzene rings is 1. The molecule has 0 fully saturated rings. The van der Waals surface area contributed by atoms with E-state index in [-0.39, 0.29) is 5.75 Å². The van der Waals surface area contributed by atoms with Gasteiger partial charge < -0.3 is 10.1 Å². The predicted molar refractivity (Wildman–Crippen MR) is 75.3 cm³/mol. The van der Waals surface area contributed by atoms with E-state index in [2.05, 4.69) is 34.0 Å². The number of hydrogen-bond donors (Lipinski definition) is 1. The minimum atomic E-state index is -2.81. The molecule has 0 aliphatic rings. The van der Waals surface area contributed by atoms with Gasteiger partial charge in [0, 0.05) is 12.2 Å². The molecule has 7 heteroatoms. The van der Waals surface area contributed by atoms with Crippen LogP contribution in [0.3, 0.4) is 0 Å². The van der Waals surface area contributed by atoms with Crippen molar-refractivity contribution in [3.8, 4) is 5.75 Å². The van der Waals surface area contributed by atoms with Gasteiger partial charge in [0.1, 0.15) is 17.9 Å². The van der Waals surface area contributed by atoms with Crippen molar-refractivity contribution in [1.29, 1.82) is 0 Å². The fourth-order valence-corrected chi connectivity index (χ4v) is 1.86. The number of rotatable bonds is 7. The van der Waals surface area contributed by atoms with Crippen LogP contribution in [-0.4, -0.2) is 21.4 Å². The number of anilines is 1. The Hall–Kier alpha value is -2.18. The first kappa shape index (κ1) is 15.2. The number of aromatic nitrogens is 3. The van der Waals surface area contributed by atoms with Crippen molar-refractivity contribution < 1.29 is 13.5 Å². The summed E-state index contributed by atoms with van der Waals surface area (Å²) >= 11 is 0. The molecule has 0 radical (unpaired) electrons. The van der Waals surface area contributed by atoms with Crippen LogP contribution in [0.2, 0.25) is 0 Å². The molecular formula is C14H18F2N4O. The van der Waals surface area contributed by atoms with E-state index < -0.39 is 6.61 Å². The molecule has 1 aromatic carbocycles. The van der Waals surface area contributed by atoms with E-state index >= 15 is 0 Å². The van der Waals surface area contributed by atoms with Crippen LogP contribution in [0.5, 0.6) is 5.75 Å². The van der Waals surface area contributed by atoms with Gasteiger partial charge in [-0.1, -0.05) is 13.8 Å². The van der Waals surface area contributed by atoms with Crippen molar-refractivity contribution in [3.63, 3.8) is 0 Å². The van der Waals surface area contributed by atoms with Crippen LogP contribution >= 0.6 is 0 Å². The molecule has 5 nitrogen and oxygen atoms in total. The summed E-state index contributed by atoms with van der Waals surface area (Å²) in [6, 6.07) is 6.35. The van der Waals surface area contributed by atoms with Crippen molar-refractivity contribution in [3.05, 3.63) is 36.4 Å². The first-order valence-corrected chi connectivity index (χ1v) is 6.70. The standard InChI is InChI=1S/C14H18F2N4O/c1-10(2)8-20-13(18-9-19-20)7-17-11-3-5-12(6-4-11)21-14(15)16/h3-6,9-10,14,17H,7-8H2,1-2H3. The summed E-state index contributed by atoms with van der Waals surface area (Å²) in [4.78, 5) is 4.21. The molecule has 1 N–H and O–H groups in total. The van der Waals surface area contributed by atoms with Gasteiger partial charge in [0.2, 0.25) is 0 Å². The zero-order valence-electron chi connectivity index (χ0n) is 12.0. The molecule has 114 valence electrons. The molecule has 0 aliphatic heterocycles. The van der Waals surface area contributed by atoms with Gasteiger partial charge in [-0.25, -0.2) is 9.67 Å². The highest BCUT2D eigenvalue weighted by Crippen LogP contribution is 2.18. The highest BCUT2D eigenvalue weighted by Gasteiger charge is 2.07. The maximum atomic E-state index is 12.0. The molecular weight excluding hydrogens is 278 g/mol. The van der Waals surface area contributed by atoms with Gasteiger partial charge in [-0.3, -0.25) is 0 Å². The van der Waals surface area contributed by atoms with E-state index in [9.17, 15) is 8.78 Å². The third kappa shape index (κ3) is 4.70. The zero-order chi connectivity index (χ0) is 15.2. The Balaban J connectivity index is 1.92. The zero-order valence-corrected chi connectivity index (χ0v) is 12.0. The van der Waals surface area contributed by atoms with Crippen LogP contribution < -0.4 is 10.1 Å². The maximum Gasteiger partial charge on any atom is 0.387 e. The van der Waals surface area contributed by atoms with Crippen LogP contribution in [0.4, 0.5) is 14.5 Å². The van der Waals surface area contributed by atoms with E-state index in [0.29, 0.717) is 12.5 Å². The van der Waals surface area contributed by atoms with Crippen LogP contribution in [0, 0.1) is 5.92 Å². The third-order valence-corrected chi connectivity index (χ3v) is 2.76. The second-order valence-electron chi connectivity index (χ2n) is 5.01. The summed E-state index contributed by atoms with van der Waals surface area (Å²) in [6.07, 6.45) is 1.53. The molecule has 1 aromatic heterocycles. The molecule has 0 saturated carbocycles. The molecule has 0 atom stereocenters. The van der Waals surface area contributed by atoms with Crippen molar-refractivity contribution >= 4 is 5.69 Å². The van der Waals surface area contributed by atoms with Crippen LogP contribution in [0.25, 0.3) is 0 Å². The fraction of sp³-hybridized carbons (Fsp3) is 0.429. The molecule has 0 aliphatic carbocycles. The number of alkyl halides is 2. The molecule has 2 rings (SSSR count).